The summed E-state index contributed by atoms with van der Waals surface area (Å²) in [5.74, 6) is 0. The first kappa shape index (κ1) is 15.1. The molecule has 1 aliphatic rings. The molecule has 0 saturated carbocycles. The monoisotopic (exact) mass is 303 g/mol. The topological polar surface area (TPSA) is 44.5 Å². The van der Waals surface area contributed by atoms with Crippen LogP contribution in [0.1, 0.15) is 18.4 Å². The predicted octanol–water partition coefficient (Wildman–Crippen LogP) is 3.06. The molecule has 1 aromatic carbocycles. The van der Waals surface area contributed by atoms with Gasteiger partial charge in [0.15, 0.2) is 0 Å². The first-order valence-electron chi connectivity index (χ1n) is 6.40. The van der Waals surface area contributed by atoms with E-state index in [-0.39, 0.29) is 11.6 Å². The summed E-state index contributed by atoms with van der Waals surface area (Å²) in [5, 5.41) is 1.31. The molecule has 0 bridgehead atoms. The van der Waals surface area contributed by atoms with E-state index in [4.69, 9.17) is 38.4 Å². The number of benzene rings is 1. The molecule has 0 radical (unpaired) electrons. The molecule has 1 aliphatic heterocycles. The number of hydrogen-bond donors (Lipinski definition) is 1. The molecule has 19 heavy (non-hydrogen) atoms. The molecular formula is C14H19Cl2NO2. The molecule has 5 heteroatoms. The van der Waals surface area contributed by atoms with Gasteiger partial charge >= 0.3 is 0 Å². The average molecular weight is 304 g/mol. The predicted molar refractivity (Wildman–Crippen MR) is 77.9 cm³/mol. The second kappa shape index (κ2) is 6.42. The highest BCUT2D eigenvalue weighted by atomic mass is 35.5. The lowest BCUT2D eigenvalue weighted by atomic mass is 9.83. The number of hydrogen-bond acceptors (Lipinski definition) is 3. The highest BCUT2D eigenvalue weighted by Crippen LogP contribution is 2.32. The normalized spacial score (nSPS) is 20.2. The van der Waals surface area contributed by atoms with Crippen LogP contribution in [0.5, 0.6) is 0 Å². The van der Waals surface area contributed by atoms with Crippen molar-refractivity contribution in [2.75, 3.05) is 20.3 Å². The minimum absolute atomic E-state index is 0.154. The molecule has 1 aromatic rings. The van der Waals surface area contributed by atoms with E-state index in [2.05, 4.69) is 0 Å². The van der Waals surface area contributed by atoms with E-state index >= 15 is 0 Å². The van der Waals surface area contributed by atoms with Gasteiger partial charge in [0.1, 0.15) is 0 Å². The number of methoxy groups -OCH3 is 1. The van der Waals surface area contributed by atoms with E-state index < -0.39 is 0 Å². The van der Waals surface area contributed by atoms with Crippen molar-refractivity contribution in [3.63, 3.8) is 0 Å². The van der Waals surface area contributed by atoms with E-state index in [0.717, 1.165) is 18.4 Å². The van der Waals surface area contributed by atoms with Gasteiger partial charge in [0, 0.05) is 49.3 Å². The Labute approximate surface area is 124 Å². The van der Waals surface area contributed by atoms with Crippen LogP contribution in [0, 0.1) is 0 Å². The first-order valence-corrected chi connectivity index (χ1v) is 7.16. The van der Waals surface area contributed by atoms with Crippen molar-refractivity contribution in [2.24, 2.45) is 5.73 Å². The summed E-state index contributed by atoms with van der Waals surface area (Å²) in [5.41, 5.74) is 6.91. The molecule has 106 valence electrons. The van der Waals surface area contributed by atoms with Gasteiger partial charge in [-0.3, -0.25) is 0 Å². The van der Waals surface area contributed by atoms with Gasteiger partial charge in [-0.2, -0.15) is 0 Å². The molecule has 1 saturated heterocycles. The molecule has 0 aromatic heterocycles. The lowest BCUT2D eigenvalue weighted by Crippen LogP contribution is -2.54. The van der Waals surface area contributed by atoms with Crippen LogP contribution in [0.15, 0.2) is 18.2 Å². The summed E-state index contributed by atoms with van der Waals surface area (Å²) >= 11 is 12.4. The molecule has 0 spiro atoms. The maximum atomic E-state index is 6.37. The zero-order valence-electron chi connectivity index (χ0n) is 11.0. The smallest absolute Gasteiger partial charge is 0.0875 e. The number of rotatable bonds is 4. The fourth-order valence-electron chi connectivity index (χ4n) is 2.58. The Bertz CT molecular complexity index is 413. The Balaban J connectivity index is 2.17. The van der Waals surface area contributed by atoms with Crippen molar-refractivity contribution in [2.45, 2.75) is 30.9 Å². The van der Waals surface area contributed by atoms with Crippen molar-refractivity contribution in [1.82, 2.24) is 0 Å². The Morgan fingerprint density at radius 1 is 1.32 bits per heavy atom. The van der Waals surface area contributed by atoms with Gasteiger partial charge in [-0.15, -0.1) is 0 Å². The van der Waals surface area contributed by atoms with Gasteiger partial charge in [-0.1, -0.05) is 29.3 Å². The third-order valence-electron chi connectivity index (χ3n) is 3.91. The van der Waals surface area contributed by atoms with Crippen LogP contribution in [0.2, 0.25) is 10.0 Å². The van der Waals surface area contributed by atoms with Crippen molar-refractivity contribution < 1.29 is 9.47 Å². The van der Waals surface area contributed by atoms with Crippen LogP contribution in [0.25, 0.3) is 0 Å². The quantitative estimate of drug-likeness (QED) is 0.930. The molecule has 1 fully saturated rings. The zero-order valence-corrected chi connectivity index (χ0v) is 12.5. The molecular weight excluding hydrogens is 285 g/mol. The standard InChI is InChI=1S/C14H19Cl2NO2/c1-18-14(5-7-19-8-6-14)13(17)9-10-11(15)3-2-4-12(10)16/h2-4,13H,5-9,17H2,1H3. The maximum Gasteiger partial charge on any atom is 0.0875 e. The van der Waals surface area contributed by atoms with Gasteiger partial charge in [-0.05, 0) is 24.1 Å². The van der Waals surface area contributed by atoms with Crippen molar-refractivity contribution in [3.8, 4) is 0 Å². The van der Waals surface area contributed by atoms with E-state index in [1.165, 1.54) is 0 Å². The van der Waals surface area contributed by atoms with Gasteiger partial charge in [0.05, 0.1) is 5.60 Å². The molecule has 1 unspecified atom stereocenters. The molecule has 2 rings (SSSR count). The molecule has 2 N–H and O–H groups in total. The fraction of sp³-hybridized carbons (Fsp3) is 0.571. The highest BCUT2D eigenvalue weighted by molar-refractivity contribution is 6.36. The molecule has 1 atom stereocenters. The van der Waals surface area contributed by atoms with Gasteiger partial charge in [0.2, 0.25) is 0 Å². The third-order valence-corrected chi connectivity index (χ3v) is 4.62. The SMILES string of the molecule is COC1(C(N)Cc2c(Cl)cccc2Cl)CCOCC1. The van der Waals surface area contributed by atoms with Crippen LogP contribution in [0.4, 0.5) is 0 Å². The van der Waals surface area contributed by atoms with E-state index in [1.54, 1.807) is 7.11 Å². The summed E-state index contributed by atoms with van der Waals surface area (Å²) in [7, 11) is 1.71. The van der Waals surface area contributed by atoms with Crippen molar-refractivity contribution in [3.05, 3.63) is 33.8 Å². The minimum Gasteiger partial charge on any atom is -0.381 e. The van der Waals surface area contributed by atoms with Crippen LogP contribution in [-0.2, 0) is 15.9 Å². The molecule has 3 nitrogen and oxygen atoms in total. The van der Waals surface area contributed by atoms with Crippen molar-refractivity contribution in [1.29, 1.82) is 0 Å². The Morgan fingerprint density at radius 2 is 1.89 bits per heavy atom. The van der Waals surface area contributed by atoms with Crippen LogP contribution < -0.4 is 5.73 Å². The van der Waals surface area contributed by atoms with Crippen LogP contribution in [0.3, 0.4) is 0 Å². The second-order valence-corrected chi connectivity index (χ2v) is 5.71. The van der Waals surface area contributed by atoms with Gasteiger partial charge in [0.25, 0.3) is 0 Å². The molecule has 0 aliphatic carbocycles. The summed E-state index contributed by atoms with van der Waals surface area (Å²) in [6.45, 7) is 1.36. The van der Waals surface area contributed by atoms with Gasteiger partial charge < -0.3 is 15.2 Å². The fourth-order valence-corrected chi connectivity index (χ4v) is 3.13. The van der Waals surface area contributed by atoms with E-state index in [0.29, 0.717) is 29.7 Å². The first-order chi connectivity index (χ1) is 9.09. The number of nitrogens with two attached hydrogens (primary N) is 1. The van der Waals surface area contributed by atoms with E-state index in [9.17, 15) is 0 Å². The Kier molecular flexibility index (Phi) is 5.09. The average Bonchev–Trinajstić information content (AvgIpc) is 2.43. The number of ether oxygens (including phenoxy) is 2. The van der Waals surface area contributed by atoms with E-state index in [1.807, 2.05) is 18.2 Å². The molecule has 1 heterocycles. The third kappa shape index (κ3) is 3.23. The second-order valence-electron chi connectivity index (χ2n) is 4.89. The molecule has 0 amide bonds. The number of halogens is 2. The summed E-state index contributed by atoms with van der Waals surface area (Å²) in [6.07, 6.45) is 2.20. The van der Waals surface area contributed by atoms with Crippen LogP contribution in [-0.4, -0.2) is 32.0 Å². The summed E-state index contributed by atoms with van der Waals surface area (Å²) in [4.78, 5) is 0. The lowest BCUT2D eigenvalue weighted by molar-refractivity contribution is -0.103. The van der Waals surface area contributed by atoms with Crippen LogP contribution >= 0.6 is 23.2 Å². The van der Waals surface area contributed by atoms with Gasteiger partial charge in [-0.25, -0.2) is 0 Å². The Morgan fingerprint density at radius 3 is 2.42 bits per heavy atom. The Hall–Kier alpha value is -0.320. The maximum absolute atomic E-state index is 6.37. The zero-order chi connectivity index (χ0) is 13.9. The largest absolute Gasteiger partial charge is 0.381 e. The minimum atomic E-state index is -0.346. The summed E-state index contributed by atoms with van der Waals surface area (Å²) in [6, 6.07) is 5.34. The highest BCUT2D eigenvalue weighted by Gasteiger charge is 2.39. The summed E-state index contributed by atoms with van der Waals surface area (Å²) < 4.78 is 11.1. The lowest BCUT2D eigenvalue weighted by Gasteiger charge is -2.40. The van der Waals surface area contributed by atoms with Crippen molar-refractivity contribution >= 4 is 23.2 Å².